The maximum absolute atomic E-state index is 13.7. The smallest absolute Gasteiger partial charge is 0.272 e. The molecule has 3 rings (SSSR count). The van der Waals surface area contributed by atoms with Crippen molar-refractivity contribution in [3.63, 3.8) is 0 Å². The van der Waals surface area contributed by atoms with Gasteiger partial charge in [-0.3, -0.25) is 9.36 Å². The molecule has 3 aromatic rings. The van der Waals surface area contributed by atoms with Crippen LogP contribution in [0.3, 0.4) is 0 Å². The minimum Gasteiger partial charge on any atom is -0.331 e. The van der Waals surface area contributed by atoms with E-state index < -0.39 is 0 Å². The summed E-state index contributed by atoms with van der Waals surface area (Å²) in [6, 6.07) is 6.49. The number of aromatic amines is 1. The van der Waals surface area contributed by atoms with Crippen molar-refractivity contribution in [2.24, 2.45) is 0 Å². The number of aryl methyl sites for hydroxylation is 1. The first kappa shape index (κ1) is 14.2. The fourth-order valence-electron chi connectivity index (χ4n) is 2.32. The van der Waals surface area contributed by atoms with E-state index in [1.165, 1.54) is 22.0 Å². The lowest BCUT2D eigenvalue weighted by atomic mass is 10.1. The predicted octanol–water partition coefficient (Wildman–Crippen LogP) is 4.18. The molecule has 108 valence electrons. The van der Waals surface area contributed by atoms with Gasteiger partial charge in [-0.25, -0.2) is 4.39 Å². The number of nitrogens with zero attached hydrogens (tertiary/aromatic N) is 1. The molecule has 0 aliphatic carbocycles. The van der Waals surface area contributed by atoms with Gasteiger partial charge in [-0.2, -0.15) is 0 Å². The Morgan fingerprint density at radius 3 is 2.86 bits per heavy atom. The molecule has 0 bridgehead atoms. The molecule has 1 N–H and O–H groups in total. The Morgan fingerprint density at radius 2 is 2.14 bits per heavy atom. The highest BCUT2D eigenvalue weighted by Gasteiger charge is 2.15. The summed E-state index contributed by atoms with van der Waals surface area (Å²) in [5.41, 5.74) is 1.90. The summed E-state index contributed by atoms with van der Waals surface area (Å²) in [5.74, 6) is -0.278. The fraction of sp³-hybridized carbons (Fsp3) is 0.200. The maximum atomic E-state index is 13.7. The summed E-state index contributed by atoms with van der Waals surface area (Å²) >= 11 is 6.66. The Bertz CT molecular complexity index is 939. The summed E-state index contributed by atoms with van der Waals surface area (Å²) in [7, 11) is 0. The van der Waals surface area contributed by atoms with Gasteiger partial charge in [0.1, 0.15) is 10.5 Å². The number of halogens is 1. The molecule has 21 heavy (non-hydrogen) atoms. The summed E-state index contributed by atoms with van der Waals surface area (Å²) in [5, 5.41) is 1.85. The Hall–Kier alpha value is -1.79. The van der Waals surface area contributed by atoms with E-state index in [1.807, 2.05) is 24.4 Å². The molecule has 0 aliphatic heterocycles. The average molecular weight is 320 g/mol. The molecule has 0 saturated carbocycles. The third-order valence-electron chi connectivity index (χ3n) is 3.60. The highest BCUT2D eigenvalue weighted by molar-refractivity contribution is 7.71. The van der Waals surface area contributed by atoms with Crippen LogP contribution >= 0.6 is 23.6 Å². The lowest BCUT2D eigenvalue weighted by Crippen LogP contribution is -2.25. The number of aromatic nitrogens is 2. The Kier molecular flexibility index (Phi) is 3.51. The van der Waals surface area contributed by atoms with Crippen molar-refractivity contribution in [2.45, 2.75) is 19.9 Å². The standard InChI is InChI=1S/C15H13FN2OS2/c1-8-3-4-10(7-11(8)16)9(2)18-14(19)13-12(5-6-21-13)17-15(18)20/h3-7,9H,1-2H3,(H,17,20). The zero-order chi connectivity index (χ0) is 15.1. The van der Waals surface area contributed by atoms with Gasteiger partial charge in [0.2, 0.25) is 0 Å². The number of nitrogens with one attached hydrogen (secondary N) is 1. The number of benzene rings is 1. The number of hydrogen-bond acceptors (Lipinski definition) is 3. The Labute approximate surface area is 129 Å². The number of hydrogen-bond donors (Lipinski definition) is 1. The first-order valence-corrected chi connectivity index (χ1v) is 7.76. The van der Waals surface area contributed by atoms with E-state index in [0.717, 1.165) is 11.1 Å². The lowest BCUT2D eigenvalue weighted by Gasteiger charge is -2.16. The second-order valence-corrected chi connectivity index (χ2v) is 6.26. The van der Waals surface area contributed by atoms with Crippen LogP contribution in [-0.2, 0) is 0 Å². The molecule has 0 saturated heterocycles. The number of rotatable bonds is 2. The molecule has 1 atom stereocenters. The van der Waals surface area contributed by atoms with Gasteiger partial charge in [0.05, 0.1) is 11.6 Å². The van der Waals surface area contributed by atoms with Crippen molar-refractivity contribution in [3.8, 4) is 0 Å². The lowest BCUT2D eigenvalue weighted by molar-refractivity contribution is 0.581. The van der Waals surface area contributed by atoms with Crippen molar-refractivity contribution < 1.29 is 4.39 Å². The molecule has 0 amide bonds. The van der Waals surface area contributed by atoms with Crippen LogP contribution in [0.25, 0.3) is 10.2 Å². The van der Waals surface area contributed by atoms with E-state index >= 15 is 0 Å². The van der Waals surface area contributed by atoms with Gasteiger partial charge in [-0.05, 0) is 54.7 Å². The van der Waals surface area contributed by atoms with Crippen LogP contribution in [0.4, 0.5) is 4.39 Å². The van der Waals surface area contributed by atoms with Crippen LogP contribution in [0.1, 0.15) is 24.1 Å². The number of H-pyrrole nitrogens is 1. The van der Waals surface area contributed by atoms with Crippen LogP contribution in [0.15, 0.2) is 34.4 Å². The van der Waals surface area contributed by atoms with E-state index in [1.54, 1.807) is 13.0 Å². The molecule has 0 radical (unpaired) electrons. The van der Waals surface area contributed by atoms with Crippen LogP contribution in [-0.4, -0.2) is 9.55 Å². The predicted molar refractivity (Wildman–Crippen MR) is 86.2 cm³/mol. The van der Waals surface area contributed by atoms with Gasteiger partial charge in [-0.1, -0.05) is 12.1 Å². The largest absolute Gasteiger partial charge is 0.331 e. The highest BCUT2D eigenvalue weighted by atomic mass is 32.1. The fourth-order valence-corrected chi connectivity index (χ4v) is 3.46. The Morgan fingerprint density at radius 1 is 1.38 bits per heavy atom. The quantitative estimate of drug-likeness (QED) is 0.719. The Balaban J connectivity index is 2.21. The minimum absolute atomic E-state index is 0.141. The zero-order valence-corrected chi connectivity index (χ0v) is 13.1. The monoisotopic (exact) mass is 320 g/mol. The van der Waals surface area contributed by atoms with Gasteiger partial charge in [0, 0.05) is 0 Å². The van der Waals surface area contributed by atoms with Gasteiger partial charge in [0.25, 0.3) is 5.56 Å². The molecular weight excluding hydrogens is 307 g/mol. The summed E-state index contributed by atoms with van der Waals surface area (Å²) in [6.07, 6.45) is 0. The van der Waals surface area contributed by atoms with Crippen LogP contribution in [0, 0.1) is 17.5 Å². The van der Waals surface area contributed by atoms with Crippen molar-refractivity contribution in [3.05, 3.63) is 61.7 Å². The van der Waals surface area contributed by atoms with E-state index in [2.05, 4.69) is 4.98 Å². The van der Waals surface area contributed by atoms with Crippen LogP contribution in [0.2, 0.25) is 0 Å². The maximum Gasteiger partial charge on any atom is 0.272 e. The normalized spacial score (nSPS) is 12.7. The van der Waals surface area contributed by atoms with Crippen LogP contribution in [0.5, 0.6) is 0 Å². The first-order chi connectivity index (χ1) is 9.99. The van der Waals surface area contributed by atoms with Gasteiger partial charge >= 0.3 is 0 Å². The molecule has 2 aromatic heterocycles. The summed E-state index contributed by atoms with van der Waals surface area (Å²) in [6.45, 7) is 3.55. The third kappa shape index (κ3) is 2.34. The van der Waals surface area contributed by atoms with Gasteiger partial charge < -0.3 is 4.98 Å². The number of fused-ring (bicyclic) bond motifs is 1. The topological polar surface area (TPSA) is 37.8 Å². The van der Waals surface area contributed by atoms with Gasteiger partial charge in [-0.15, -0.1) is 11.3 Å². The molecular formula is C15H13FN2OS2. The molecule has 1 aromatic carbocycles. The van der Waals surface area contributed by atoms with Crippen molar-refractivity contribution in [2.75, 3.05) is 0 Å². The zero-order valence-electron chi connectivity index (χ0n) is 11.5. The SMILES string of the molecule is Cc1ccc(C(C)n2c(=S)[nH]c3ccsc3c2=O)cc1F. The van der Waals surface area contributed by atoms with Gasteiger partial charge in [0.15, 0.2) is 4.77 Å². The second kappa shape index (κ2) is 5.20. The van der Waals surface area contributed by atoms with Crippen molar-refractivity contribution in [1.29, 1.82) is 0 Å². The highest BCUT2D eigenvalue weighted by Crippen LogP contribution is 2.21. The number of thiophene rings is 1. The minimum atomic E-state index is -0.331. The van der Waals surface area contributed by atoms with E-state index in [4.69, 9.17) is 12.2 Å². The van der Waals surface area contributed by atoms with E-state index in [0.29, 0.717) is 15.0 Å². The van der Waals surface area contributed by atoms with Crippen molar-refractivity contribution in [1.82, 2.24) is 9.55 Å². The third-order valence-corrected chi connectivity index (χ3v) is 4.81. The average Bonchev–Trinajstić information content (AvgIpc) is 2.90. The first-order valence-electron chi connectivity index (χ1n) is 6.47. The van der Waals surface area contributed by atoms with Crippen molar-refractivity contribution >= 4 is 33.8 Å². The molecule has 2 heterocycles. The van der Waals surface area contributed by atoms with E-state index in [9.17, 15) is 9.18 Å². The van der Waals surface area contributed by atoms with Crippen LogP contribution < -0.4 is 5.56 Å². The molecule has 0 aliphatic rings. The second-order valence-electron chi connectivity index (χ2n) is 4.95. The van der Waals surface area contributed by atoms with E-state index in [-0.39, 0.29) is 17.4 Å². The molecule has 0 spiro atoms. The molecule has 0 fully saturated rings. The summed E-state index contributed by atoms with van der Waals surface area (Å²) < 4.78 is 16.2. The molecule has 6 heteroatoms. The summed E-state index contributed by atoms with van der Waals surface area (Å²) in [4.78, 5) is 15.6. The molecule has 1 unspecified atom stereocenters. The molecule has 3 nitrogen and oxygen atoms in total.